The summed E-state index contributed by atoms with van der Waals surface area (Å²) < 4.78 is 0. The van der Waals surface area contributed by atoms with Gasteiger partial charge >= 0.3 is 0 Å². The Morgan fingerprint density at radius 1 is 1.56 bits per heavy atom. The third kappa shape index (κ3) is 3.66. The Morgan fingerprint density at radius 3 is 2.72 bits per heavy atom. The zero-order chi connectivity index (χ0) is 13.8. The lowest BCUT2D eigenvalue weighted by Crippen LogP contribution is -2.53. The molecule has 0 saturated heterocycles. The summed E-state index contributed by atoms with van der Waals surface area (Å²) in [5.74, 6) is -0.499. The van der Waals surface area contributed by atoms with Crippen LogP contribution in [0.5, 0.6) is 0 Å². The number of imidazole rings is 1. The van der Waals surface area contributed by atoms with Crippen LogP contribution in [0.2, 0.25) is 0 Å². The fraction of sp³-hybridized carbons (Fsp3) is 0.583. The molecule has 0 aliphatic rings. The maximum Gasteiger partial charge on any atom is 0.239 e. The number of aromatic nitrogens is 2. The average molecular weight is 251 g/mol. The predicted molar refractivity (Wildman–Crippen MR) is 66.7 cm³/mol. The lowest BCUT2D eigenvalue weighted by Gasteiger charge is -2.25. The molecule has 6 heteroatoms. The molecule has 3 N–H and O–H groups in total. The fourth-order valence-electron chi connectivity index (χ4n) is 1.62. The topological polar surface area (TPSA) is 98.7 Å². The molecule has 0 aromatic carbocycles. The van der Waals surface area contributed by atoms with Crippen molar-refractivity contribution >= 4 is 11.7 Å². The number of nitrogens with zero attached hydrogens (tertiary/aromatic N) is 1. The molecule has 1 heterocycles. The second-order valence-corrected chi connectivity index (χ2v) is 4.72. The molecule has 0 aliphatic carbocycles. The van der Waals surface area contributed by atoms with E-state index in [0.29, 0.717) is 6.42 Å². The number of aromatic amines is 1. The van der Waals surface area contributed by atoms with Crippen LogP contribution in [0.25, 0.3) is 0 Å². The monoisotopic (exact) mass is 251 g/mol. The molecule has 0 bridgehead atoms. The molecule has 1 aromatic heterocycles. The molecule has 0 fully saturated rings. The van der Waals surface area contributed by atoms with Crippen molar-refractivity contribution in [1.29, 1.82) is 0 Å². The van der Waals surface area contributed by atoms with Crippen LogP contribution in [0.3, 0.4) is 0 Å². The number of carbonyl (C=O) groups excluding carboxylic acids is 2. The Kier molecular flexibility index (Phi) is 4.61. The summed E-state index contributed by atoms with van der Waals surface area (Å²) in [6.45, 7) is 5.05. The first-order valence-electron chi connectivity index (χ1n) is 5.90. The Labute approximate surface area is 106 Å². The molecule has 0 unspecified atom stereocenters. The summed E-state index contributed by atoms with van der Waals surface area (Å²) in [5, 5.41) is 2.61. The van der Waals surface area contributed by atoms with E-state index in [-0.39, 0.29) is 12.2 Å². The van der Waals surface area contributed by atoms with Crippen molar-refractivity contribution in [2.24, 2.45) is 0 Å². The summed E-state index contributed by atoms with van der Waals surface area (Å²) in [6, 6.07) is -0.950. The van der Waals surface area contributed by atoms with Gasteiger partial charge in [0, 0.05) is 24.7 Å². The van der Waals surface area contributed by atoms with Gasteiger partial charge in [-0.2, -0.15) is 0 Å². The highest BCUT2D eigenvalue weighted by Gasteiger charge is 2.29. The number of ketones is 1. The van der Waals surface area contributed by atoms with Crippen LogP contribution in [0.15, 0.2) is 12.5 Å². The van der Waals surface area contributed by atoms with E-state index in [4.69, 9.17) is 5.73 Å². The van der Waals surface area contributed by atoms with E-state index in [2.05, 4.69) is 15.3 Å². The van der Waals surface area contributed by atoms with E-state index < -0.39 is 17.5 Å². The lowest BCUT2D eigenvalue weighted by molar-refractivity contribution is -0.131. The van der Waals surface area contributed by atoms with Gasteiger partial charge in [0.1, 0.15) is 6.04 Å². The van der Waals surface area contributed by atoms with Crippen molar-refractivity contribution in [2.75, 3.05) is 0 Å². The summed E-state index contributed by atoms with van der Waals surface area (Å²) in [5.41, 5.74) is 7.57. The standard InChI is InChI=1S/C12H19N4O2/c1-4-10(17)12(2,3)16-11(18)9(13)5-8-6-14-7-15-8/h6-7,9,13H,4-5H2,1-3H3,(H,14,15)(H,16,18)/t9-/m0/s1. The second-order valence-electron chi connectivity index (χ2n) is 4.72. The largest absolute Gasteiger partial charge is 0.348 e. The van der Waals surface area contributed by atoms with Crippen molar-refractivity contribution in [3.63, 3.8) is 0 Å². The van der Waals surface area contributed by atoms with Crippen molar-refractivity contribution in [3.8, 4) is 0 Å². The zero-order valence-corrected chi connectivity index (χ0v) is 10.9. The Hall–Kier alpha value is -1.69. The molecule has 6 nitrogen and oxygen atoms in total. The van der Waals surface area contributed by atoms with Crippen LogP contribution in [-0.2, 0) is 16.0 Å². The Balaban J connectivity index is 2.57. The van der Waals surface area contributed by atoms with E-state index in [1.54, 1.807) is 27.0 Å². The predicted octanol–water partition coefficient (Wildman–Crippen LogP) is 0.478. The van der Waals surface area contributed by atoms with E-state index >= 15 is 0 Å². The number of hydrogen-bond acceptors (Lipinski definition) is 3. The van der Waals surface area contributed by atoms with E-state index in [1.165, 1.54) is 6.33 Å². The van der Waals surface area contributed by atoms with E-state index in [0.717, 1.165) is 5.69 Å². The molecular formula is C12H19N4O2. The van der Waals surface area contributed by atoms with Crippen LogP contribution in [0.4, 0.5) is 0 Å². The summed E-state index contributed by atoms with van der Waals surface area (Å²) in [4.78, 5) is 30.1. The van der Waals surface area contributed by atoms with Gasteiger partial charge < -0.3 is 10.3 Å². The first-order chi connectivity index (χ1) is 8.36. The van der Waals surface area contributed by atoms with Crippen molar-refractivity contribution in [3.05, 3.63) is 18.2 Å². The minimum absolute atomic E-state index is 0.0513. The lowest BCUT2D eigenvalue weighted by atomic mass is 9.96. The zero-order valence-electron chi connectivity index (χ0n) is 10.9. The van der Waals surface area contributed by atoms with E-state index in [9.17, 15) is 9.59 Å². The third-order valence-corrected chi connectivity index (χ3v) is 2.75. The van der Waals surface area contributed by atoms with Gasteiger partial charge in [0.15, 0.2) is 5.78 Å². The number of amides is 1. The molecule has 1 aromatic rings. The minimum Gasteiger partial charge on any atom is -0.348 e. The first kappa shape index (κ1) is 14.4. The van der Waals surface area contributed by atoms with Crippen molar-refractivity contribution in [1.82, 2.24) is 21.0 Å². The molecule has 0 spiro atoms. The molecule has 1 atom stereocenters. The molecule has 99 valence electrons. The van der Waals surface area contributed by atoms with Gasteiger partial charge in [-0.15, -0.1) is 0 Å². The van der Waals surface area contributed by atoms with Crippen molar-refractivity contribution < 1.29 is 9.59 Å². The van der Waals surface area contributed by atoms with Gasteiger partial charge in [0.05, 0.1) is 11.9 Å². The number of nitrogens with one attached hydrogen (secondary N) is 3. The Bertz CT molecular complexity index is 412. The normalized spacial score (nSPS) is 13.1. The van der Waals surface area contributed by atoms with Gasteiger partial charge in [-0.3, -0.25) is 9.59 Å². The smallest absolute Gasteiger partial charge is 0.239 e. The van der Waals surface area contributed by atoms with Gasteiger partial charge in [0.25, 0.3) is 0 Å². The number of rotatable bonds is 6. The minimum atomic E-state index is -0.950. The highest BCUT2D eigenvalue weighted by Crippen LogP contribution is 2.08. The molecule has 18 heavy (non-hydrogen) atoms. The summed E-state index contributed by atoms with van der Waals surface area (Å²) in [7, 11) is 0. The second kappa shape index (κ2) is 5.77. The van der Waals surface area contributed by atoms with Crippen molar-refractivity contribution in [2.45, 2.75) is 45.2 Å². The highest BCUT2D eigenvalue weighted by molar-refractivity contribution is 5.93. The molecule has 0 saturated carbocycles. The molecule has 1 radical (unpaired) electrons. The molecule has 1 amide bonds. The SMILES string of the molecule is CCC(=O)C(C)(C)NC(=O)[C@@H]([NH])Cc1cnc[nH]1. The number of H-pyrrole nitrogens is 1. The van der Waals surface area contributed by atoms with Gasteiger partial charge in [-0.25, -0.2) is 10.7 Å². The van der Waals surface area contributed by atoms with Crippen LogP contribution in [-0.4, -0.2) is 33.2 Å². The van der Waals surface area contributed by atoms with Gasteiger partial charge in [0.2, 0.25) is 5.91 Å². The quantitative estimate of drug-likeness (QED) is 0.769. The fourth-order valence-corrected chi connectivity index (χ4v) is 1.62. The number of carbonyl (C=O) groups is 2. The van der Waals surface area contributed by atoms with Crippen LogP contribution in [0, 0.1) is 0 Å². The molecule has 1 rings (SSSR count). The van der Waals surface area contributed by atoms with Crippen LogP contribution < -0.4 is 11.1 Å². The number of hydrogen-bond donors (Lipinski definition) is 2. The maximum atomic E-state index is 11.8. The summed E-state index contributed by atoms with van der Waals surface area (Å²) in [6.07, 6.45) is 3.69. The van der Waals surface area contributed by atoms with Crippen LogP contribution >= 0.6 is 0 Å². The van der Waals surface area contributed by atoms with Gasteiger partial charge in [-0.05, 0) is 13.8 Å². The highest BCUT2D eigenvalue weighted by atomic mass is 16.2. The number of Topliss-reactive ketones (excluding diaryl/α,β-unsaturated/α-hetero) is 1. The Morgan fingerprint density at radius 2 is 2.22 bits per heavy atom. The molecular weight excluding hydrogens is 232 g/mol. The van der Waals surface area contributed by atoms with Crippen LogP contribution in [0.1, 0.15) is 32.9 Å². The first-order valence-corrected chi connectivity index (χ1v) is 5.90. The van der Waals surface area contributed by atoms with Gasteiger partial charge in [-0.1, -0.05) is 6.92 Å². The molecule has 0 aliphatic heterocycles. The van der Waals surface area contributed by atoms with E-state index in [1.807, 2.05) is 0 Å². The average Bonchev–Trinajstić information content (AvgIpc) is 2.79. The third-order valence-electron chi connectivity index (χ3n) is 2.75. The summed E-state index contributed by atoms with van der Waals surface area (Å²) >= 11 is 0. The maximum absolute atomic E-state index is 11.8.